The van der Waals surface area contributed by atoms with Crippen LogP contribution in [0.2, 0.25) is 0 Å². The molecule has 0 radical (unpaired) electrons. The van der Waals surface area contributed by atoms with E-state index in [1.54, 1.807) is 24.4 Å². The first-order valence-electron chi connectivity index (χ1n) is 3.95. The molecule has 0 unspecified atom stereocenters. The molecule has 1 heterocycles. The van der Waals surface area contributed by atoms with E-state index < -0.39 is 9.58 Å². The number of allylic oxidation sites excluding steroid dienone is 1. The number of carbonyl (C=O) groups is 1. The predicted octanol–water partition coefficient (Wildman–Crippen LogP) is 2.95. The summed E-state index contributed by atoms with van der Waals surface area (Å²) in [6, 6.07) is 5.32. The standard InChI is InChI=1S/C9H7Cl3N2O/c10-9(11,12)7(15)4-6-14-8-3-1-2-5-13-8/h1-6H,(H,13,14)/b6-4+. The number of hydrogen-bond donors (Lipinski definition) is 1. The molecule has 1 aromatic heterocycles. The van der Waals surface area contributed by atoms with Crippen LogP contribution in [0.4, 0.5) is 5.82 Å². The highest BCUT2D eigenvalue weighted by Crippen LogP contribution is 2.27. The topological polar surface area (TPSA) is 42.0 Å². The van der Waals surface area contributed by atoms with Gasteiger partial charge in [-0.15, -0.1) is 0 Å². The summed E-state index contributed by atoms with van der Waals surface area (Å²) in [5, 5.41) is 2.76. The molecule has 0 saturated carbocycles. The minimum absolute atomic E-state index is 0.603. The lowest BCUT2D eigenvalue weighted by Crippen LogP contribution is -2.15. The van der Waals surface area contributed by atoms with Crippen LogP contribution < -0.4 is 5.32 Å². The number of ketones is 1. The number of aromatic nitrogens is 1. The fourth-order valence-electron chi connectivity index (χ4n) is 0.745. The van der Waals surface area contributed by atoms with Crippen LogP contribution in [-0.4, -0.2) is 14.6 Å². The zero-order valence-electron chi connectivity index (χ0n) is 7.45. The maximum absolute atomic E-state index is 11.1. The number of alkyl halides is 3. The van der Waals surface area contributed by atoms with Gasteiger partial charge in [-0.3, -0.25) is 4.79 Å². The number of nitrogens with zero attached hydrogens (tertiary/aromatic N) is 1. The first-order chi connectivity index (χ1) is 7.00. The van der Waals surface area contributed by atoms with Crippen molar-refractivity contribution < 1.29 is 4.79 Å². The third-order valence-corrected chi connectivity index (χ3v) is 1.97. The lowest BCUT2D eigenvalue weighted by Gasteiger charge is -2.04. The van der Waals surface area contributed by atoms with Gasteiger partial charge in [0.15, 0.2) is 0 Å². The Morgan fingerprint density at radius 1 is 1.40 bits per heavy atom. The Labute approximate surface area is 102 Å². The summed E-state index contributed by atoms with van der Waals surface area (Å²) in [5.41, 5.74) is 0. The molecule has 0 aromatic carbocycles. The van der Waals surface area contributed by atoms with Crippen LogP contribution >= 0.6 is 34.8 Å². The highest BCUT2D eigenvalue weighted by atomic mass is 35.6. The van der Waals surface area contributed by atoms with Crippen LogP contribution in [0.1, 0.15) is 0 Å². The molecule has 80 valence electrons. The molecule has 3 nitrogen and oxygen atoms in total. The number of halogens is 3. The number of carbonyl (C=O) groups excluding carboxylic acids is 1. The van der Waals surface area contributed by atoms with Crippen LogP contribution in [0.25, 0.3) is 0 Å². The van der Waals surface area contributed by atoms with Crippen LogP contribution in [0.5, 0.6) is 0 Å². The first kappa shape index (κ1) is 12.3. The van der Waals surface area contributed by atoms with Crippen molar-refractivity contribution in [2.45, 2.75) is 3.79 Å². The molecular formula is C9H7Cl3N2O. The van der Waals surface area contributed by atoms with Gasteiger partial charge in [-0.1, -0.05) is 40.9 Å². The first-order valence-corrected chi connectivity index (χ1v) is 5.09. The molecule has 1 rings (SSSR count). The highest BCUT2D eigenvalue weighted by molar-refractivity contribution is 6.77. The normalized spacial score (nSPS) is 11.7. The molecule has 0 aliphatic rings. The summed E-state index contributed by atoms with van der Waals surface area (Å²) in [6.45, 7) is 0. The Morgan fingerprint density at radius 2 is 2.13 bits per heavy atom. The summed E-state index contributed by atoms with van der Waals surface area (Å²) in [7, 11) is 0. The average Bonchev–Trinajstić information content (AvgIpc) is 2.18. The van der Waals surface area contributed by atoms with Gasteiger partial charge >= 0.3 is 0 Å². The molecule has 0 atom stereocenters. The van der Waals surface area contributed by atoms with Gasteiger partial charge in [0.2, 0.25) is 5.78 Å². The zero-order chi connectivity index (χ0) is 11.3. The molecule has 0 saturated heterocycles. The summed E-state index contributed by atoms with van der Waals surface area (Å²) in [6.07, 6.45) is 4.13. The van der Waals surface area contributed by atoms with Gasteiger partial charge in [0.25, 0.3) is 3.79 Å². The van der Waals surface area contributed by atoms with Gasteiger partial charge in [-0.05, 0) is 12.1 Å². The van der Waals surface area contributed by atoms with Crippen LogP contribution in [0.3, 0.4) is 0 Å². The minimum atomic E-state index is -1.91. The van der Waals surface area contributed by atoms with Crippen LogP contribution in [-0.2, 0) is 4.79 Å². The van der Waals surface area contributed by atoms with Gasteiger partial charge < -0.3 is 5.32 Å². The molecule has 0 aliphatic carbocycles. The van der Waals surface area contributed by atoms with Crippen molar-refractivity contribution in [1.29, 1.82) is 0 Å². The molecule has 6 heteroatoms. The smallest absolute Gasteiger partial charge is 0.252 e. The second-order valence-electron chi connectivity index (χ2n) is 2.55. The second-order valence-corrected chi connectivity index (χ2v) is 4.84. The third-order valence-electron chi connectivity index (χ3n) is 1.41. The minimum Gasteiger partial charge on any atom is -0.347 e. The number of rotatable bonds is 3. The van der Waals surface area contributed by atoms with Crippen molar-refractivity contribution in [3.8, 4) is 0 Å². The maximum atomic E-state index is 11.1. The largest absolute Gasteiger partial charge is 0.347 e. The van der Waals surface area contributed by atoms with Crippen molar-refractivity contribution in [3.63, 3.8) is 0 Å². The van der Waals surface area contributed by atoms with E-state index >= 15 is 0 Å². The highest BCUT2D eigenvalue weighted by Gasteiger charge is 2.27. The van der Waals surface area contributed by atoms with Crippen molar-refractivity contribution in [2.24, 2.45) is 0 Å². The van der Waals surface area contributed by atoms with E-state index in [1.807, 2.05) is 0 Å². The quantitative estimate of drug-likeness (QED) is 0.675. The number of nitrogens with one attached hydrogen (secondary N) is 1. The van der Waals surface area contributed by atoms with Crippen molar-refractivity contribution in [1.82, 2.24) is 4.98 Å². The predicted molar refractivity (Wildman–Crippen MR) is 62.3 cm³/mol. The number of pyridine rings is 1. The Bertz CT molecular complexity index is 359. The number of anilines is 1. The molecule has 1 aromatic rings. The lowest BCUT2D eigenvalue weighted by atomic mass is 10.4. The van der Waals surface area contributed by atoms with Gasteiger partial charge in [-0.25, -0.2) is 4.98 Å². The van der Waals surface area contributed by atoms with Crippen molar-refractivity contribution in [3.05, 3.63) is 36.7 Å². The molecule has 1 N–H and O–H groups in total. The SMILES string of the molecule is O=C(/C=C/Nc1ccccn1)C(Cl)(Cl)Cl. The van der Waals surface area contributed by atoms with Gasteiger partial charge in [0, 0.05) is 18.5 Å². The van der Waals surface area contributed by atoms with Gasteiger partial charge in [-0.2, -0.15) is 0 Å². The molecular weight excluding hydrogens is 258 g/mol. The van der Waals surface area contributed by atoms with E-state index in [2.05, 4.69) is 10.3 Å². The summed E-state index contributed by atoms with van der Waals surface area (Å²) >= 11 is 16.1. The Hall–Kier alpha value is -0.770. The monoisotopic (exact) mass is 264 g/mol. The summed E-state index contributed by atoms with van der Waals surface area (Å²) < 4.78 is -1.91. The van der Waals surface area contributed by atoms with E-state index in [-0.39, 0.29) is 0 Å². The fraction of sp³-hybridized carbons (Fsp3) is 0.111. The Balaban J connectivity index is 2.51. The van der Waals surface area contributed by atoms with E-state index in [4.69, 9.17) is 34.8 Å². The molecule has 0 fully saturated rings. The fourth-order valence-corrected chi connectivity index (χ4v) is 0.934. The Kier molecular flexibility index (Phi) is 4.39. The van der Waals surface area contributed by atoms with Crippen LogP contribution in [0.15, 0.2) is 36.7 Å². The maximum Gasteiger partial charge on any atom is 0.252 e. The van der Waals surface area contributed by atoms with E-state index in [0.29, 0.717) is 5.82 Å². The number of hydrogen-bond acceptors (Lipinski definition) is 3. The third kappa shape index (κ3) is 4.51. The zero-order valence-corrected chi connectivity index (χ0v) is 9.72. The van der Waals surface area contributed by atoms with E-state index in [9.17, 15) is 4.79 Å². The molecule has 0 amide bonds. The molecule has 15 heavy (non-hydrogen) atoms. The second kappa shape index (κ2) is 5.35. The van der Waals surface area contributed by atoms with Gasteiger partial charge in [0.05, 0.1) is 0 Å². The Morgan fingerprint density at radius 3 is 2.67 bits per heavy atom. The van der Waals surface area contributed by atoms with Crippen LogP contribution in [0, 0.1) is 0 Å². The van der Waals surface area contributed by atoms with E-state index in [0.717, 1.165) is 6.08 Å². The van der Waals surface area contributed by atoms with Gasteiger partial charge in [0.1, 0.15) is 5.82 Å². The summed E-state index contributed by atoms with van der Waals surface area (Å²) in [5.74, 6) is -0.0122. The summed E-state index contributed by atoms with van der Waals surface area (Å²) in [4.78, 5) is 15.1. The molecule has 0 spiro atoms. The van der Waals surface area contributed by atoms with Crippen molar-refractivity contribution >= 4 is 46.4 Å². The average molecular weight is 266 g/mol. The van der Waals surface area contributed by atoms with E-state index in [1.165, 1.54) is 6.20 Å². The molecule has 0 aliphatic heterocycles. The lowest BCUT2D eigenvalue weighted by molar-refractivity contribution is -0.113. The van der Waals surface area contributed by atoms with Crippen molar-refractivity contribution in [2.75, 3.05) is 5.32 Å². The molecule has 0 bridgehead atoms.